The Morgan fingerprint density at radius 2 is 2.00 bits per heavy atom. The topological polar surface area (TPSA) is 86.3 Å². The van der Waals surface area contributed by atoms with Crippen molar-refractivity contribution in [2.24, 2.45) is 0 Å². The highest BCUT2D eigenvalue weighted by atomic mass is 16.3. The number of hydrogen-bond acceptors (Lipinski definition) is 4. The number of nitriles is 1. The number of anilines is 1. The van der Waals surface area contributed by atoms with Crippen molar-refractivity contribution < 1.29 is 14.0 Å². The van der Waals surface area contributed by atoms with Crippen molar-refractivity contribution in [3.8, 4) is 6.07 Å². The van der Waals surface area contributed by atoms with Crippen LogP contribution in [0.3, 0.4) is 0 Å². The lowest BCUT2D eigenvalue weighted by atomic mass is 10.2. The first-order valence-corrected chi connectivity index (χ1v) is 6.66. The molecule has 1 heterocycles. The summed E-state index contributed by atoms with van der Waals surface area (Å²) in [5, 5.41) is 11.4. The molecule has 2 amide bonds. The van der Waals surface area contributed by atoms with Crippen LogP contribution in [0.2, 0.25) is 0 Å². The van der Waals surface area contributed by atoms with E-state index in [0.717, 1.165) is 0 Å². The van der Waals surface area contributed by atoms with E-state index in [2.05, 4.69) is 5.32 Å². The van der Waals surface area contributed by atoms with Gasteiger partial charge in [0, 0.05) is 12.6 Å². The lowest BCUT2D eigenvalue weighted by molar-refractivity contribution is -0.133. The Hall–Kier alpha value is -3.07. The molecule has 0 aliphatic rings. The fourth-order valence-electron chi connectivity index (χ4n) is 1.87. The first-order valence-electron chi connectivity index (χ1n) is 6.66. The van der Waals surface area contributed by atoms with Gasteiger partial charge in [0.2, 0.25) is 11.8 Å². The Labute approximate surface area is 127 Å². The third kappa shape index (κ3) is 4.21. The summed E-state index contributed by atoms with van der Waals surface area (Å²) in [4.78, 5) is 25.0. The van der Waals surface area contributed by atoms with Crippen LogP contribution >= 0.6 is 0 Å². The zero-order chi connectivity index (χ0) is 15.9. The van der Waals surface area contributed by atoms with Gasteiger partial charge in [-0.3, -0.25) is 9.59 Å². The van der Waals surface area contributed by atoms with Crippen molar-refractivity contribution >= 4 is 17.5 Å². The highest BCUT2D eigenvalue weighted by molar-refractivity contribution is 5.94. The minimum Gasteiger partial charge on any atom is -0.467 e. The summed E-state index contributed by atoms with van der Waals surface area (Å²) in [7, 11) is 0. The summed E-state index contributed by atoms with van der Waals surface area (Å²) in [6, 6.07) is 12.0. The number of benzene rings is 1. The van der Waals surface area contributed by atoms with E-state index in [0.29, 0.717) is 17.0 Å². The predicted molar refractivity (Wildman–Crippen MR) is 79.6 cm³/mol. The van der Waals surface area contributed by atoms with Crippen molar-refractivity contribution in [3.05, 3.63) is 54.0 Å². The molecule has 0 bridgehead atoms. The monoisotopic (exact) mass is 297 g/mol. The first-order chi connectivity index (χ1) is 10.6. The molecule has 6 nitrogen and oxygen atoms in total. The van der Waals surface area contributed by atoms with Crippen LogP contribution in [0.15, 0.2) is 47.1 Å². The molecule has 0 saturated carbocycles. The summed E-state index contributed by atoms with van der Waals surface area (Å²) < 4.78 is 5.18. The predicted octanol–water partition coefficient (Wildman–Crippen LogP) is 2.14. The van der Waals surface area contributed by atoms with Crippen LogP contribution in [0.4, 0.5) is 5.69 Å². The van der Waals surface area contributed by atoms with E-state index in [4.69, 9.17) is 9.68 Å². The number of nitrogens with zero attached hydrogens (tertiary/aromatic N) is 2. The van der Waals surface area contributed by atoms with Crippen LogP contribution in [0.5, 0.6) is 0 Å². The molecular weight excluding hydrogens is 282 g/mol. The van der Waals surface area contributed by atoms with Crippen LogP contribution in [0.1, 0.15) is 18.2 Å². The van der Waals surface area contributed by atoms with Gasteiger partial charge in [0.15, 0.2) is 0 Å². The third-order valence-corrected chi connectivity index (χ3v) is 3.00. The van der Waals surface area contributed by atoms with E-state index in [1.54, 1.807) is 36.4 Å². The van der Waals surface area contributed by atoms with Gasteiger partial charge in [0.1, 0.15) is 12.3 Å². The molecule has 1 aromatic heterocycles. The van der Waals surface area contributed by atoms with Crippen molar-refractivity contribution in [1.29, 1.82) is 5.26 Å². The highest BCUT2D eigenvalue weighted by Crippen LogP contribution is 2.10. The normalized spacial score (nSPS) is 9.82. The molecule has 1 aromatic carbocycles. The molecule has 0 aliphatic carbocycles. The molecule has 0 fully saturated rings. The van der Waals surface area contributed by atoms with Crippen LogP contribution in [-0.2, 0) is 16.1 Å². The van der Waals surface area contributed by atoms with Crippen LogP contribution in [-0.4, -0.2) is 23.3 Å². The Morgan fingerprint density at radius 3 is 2.55 bits per heavy atom. The average molecular weight is 297 g/mol. The molecule has 0 radical (unpaired) electrons. The van der Waals surface area contributed by atoms with Crippen LogP contribution < -0.4 is 5.32 Å². The molecule has 0 saturated heterocycles. The number of furan rings is 1. The zero-order valence-electron chi connectivity index (χ0n) is 12.1. The number of rotatable bonds is 5. The average Bonchev–Trinajstić information content (AvgIpc) is 3.00. The van der Waals surface area contributed by atoms with E-state index in [-0.39, 0.29) is 24.9 Å². The summed E-state index contributed by atoms with van der Waals surface area (Å²) >= 11 is 0. The van der Waals surface area contributed by atoms with Gasteiger partial charge < -0.3 is 14.6 Å². The largest absolute Gasteiger partial charge is 0.467 e. The maximum Gasteiger partial charge on any atom is 0.244 e. The summed E-state index contributed by atoms with van der Waals surface area (Å²) in [5.74, 6) is 0.0826. The molecule has 0 unspecified atom stereocenters. The molecule has 1 N–H and O–H groups in total. The van der Waals surface area contributed by atoms with Crippen LogP contribution in [0, 0.1) is 11.3 Å². The second-order valence-electron chi connectivity index (χ2n) is 4.69. The number of nitrogens with one attached hydrogen (secondary N) is 1. The molecule has 0 atom stereocenters. The van der Waals surface area contributed by atoms with Gasteiger partial charge in [-0.05, 0) is 36.4 Å². The second-order valence-corrected chi connectivity index (χ2v) is 4.69. The van der Waals surface area contributed by atoms with E-state index in [9.17, 15) is 9.59 Å². The van der Waals surface area contributed by atoms with Gasteiger partial charge in [0.25, 0.3) is 0 Å². The van der Waals surface area contributed by atoms with Crippen molar-refractivity contribution in [3.63, 3.8) is 0 Å². The van der Waals surface area contributed by atoms with Gasteiger partial charge in [-0.15, -0.1) is 0 Å². The Kier molecular flexibility index (Phi) is 4.94. The number of carbonyl (C=O) groups excluding carboxylic acids is 2. The van der Waals surface area contributed by atoms with Gasteiger partial charge in [-0.1, -0.05) is 0 Å². The molecular formula is C16H15N3O3. The van der Waals surface area contributed by atoms with Gasteiger partial charge >= 0.3 is 0 Å². The fraction of sp³-hybridized carbons (Fsp3) is 0.188. The minimum atomic E-state index is -0.313. The van der Waals surface area contributed by atoms with Gasteiger partial charge in [0.05, 0.1) is 24.4 Å². The SMILES string of the molecule is CC(=O)N(CC(=O)Nc1ccc(C#N)cc1)Cc1ccco1. The molecule has 2 aromatic rings. The van der Waals surface area contributed by atoms with Crippen molar-refractivity contribution in [2.75, 3.05) is 11.9 Å². The standard InChI is InChI=1S/C16H15N3O3/c1-12(20)19(10-15-3-2-8-22-15)11-16(21)18-14-6-4-13(9-17)5-7-14/h2-8H,10-11H2,1H3,(H,18,21). The molecule has 22 heavy (non-hydrogen) atoms. The summed E-state index contributed by atoms with van der Waals surface area (Å²) in [6.07, 6.45) is 1.52. The smallest absolute Gasteiger partial charge is 0.244 e. The second kappa shape index (κ2) is 7.09. The Bertz CT molecular complexity index is 684. The molecule has 0 spiro atoms. The molecule has 0 aliphatic heterocycles. The van der Waals surface area contributed by atoms with E-state index in [1.165, 1.54) is 18.1 Å². The van der Waals surface area contributed by atoms with E-state index < -0.39 is 0 Å². The number of hydrogen-bond donors (Lipinski definition) is 1. The van der Waals surface area contributed by atoms with Crippen molar-refractivity contribution in [2.45, 2.75) is 13.5 Å². The minimum absolute atomic E-state index is 0.0734. The third-order valence-electron chi connectivity index (χ3n) is 3.00. The quantitative estimate of drug-likeness (QED) is 0.916. The van der Waals surface area contributed by atoms with Crippen molar-refractivity contribution in [1.82, 2.24) is 4.90 Å². The van der Waals surface area contributed by atoms with Gasteiger partial charge in [-0.2, -0.15) is 5.26 Å². The van der Waals surface area contributed by atoms with Crippen LogP contribution in [0.25, 0.3) is 0 Å². The number of amides is 2. The highest BCUT2D eigenvalue weighted by Gasteiger charge is 2.15. The fourth-order valence-corrected chi connectivity index (χ4v) is 1.87. The van der Waals surface area contributed by atoms with E-state index in [1.807, 2.05) is 6.07 Å². The van der Waals surface area contributed by atoms with Gasteiger partial charge in [-0.25, -0.2) is 0 Å². The maximum absolute atomic E-state index is 12.0. The first kappa shape index (κ1) is 15.3. The molecule has 6 heteroatoms. The number of carbonyl (C=O) groups is 2. The summed E-state index contributed by atoms with van der Waals surface area (Å²) in [6.45, 7) is 1.57. The Balaban J connectivity index is 1.95. The molecule has 2 rings (SSSR count). The zero-order valence-corrected chi connectivity index (χ0v) is 12.1. The summed E-state index contributed by atoms with van der Waals surface area (Å²) in [5.41, 5.74) is 1.09. The van der Waals surface area contributed by atoms with E-state index >= 15 is 0 Å². The lowest BCUT2D eigenvalue weighted by Crippen LogP contribution is -2.36. The lowest BCUT2D eigenvalue weighted by Gasteiger charge is -2.19. The Morgan fingerprint density at radius 1 is 1.27 bits per heavy atom. The maximum atomic E-state index is 12.0. The molecule has 112 valence electrons.